The van der Waals surface area contributed by atoms with E-state index in [1.165, 1.54) is 24.0 Å². The van der Waals surface area contributed by atoms with E-state index in [1.54, 1.807) is 6.20 Å². The van der Waals surface area contributed by atoms with Gasteiger partial charge in [0.05, 0.1) is 13.5 Å². The van der Waals surface area contributed by atoms with Crippen LogP contribution in [0.4, 0.5) is 5.13 Å². The smallest absolute Gasteiger partial charge is 0.306 e. The summed E-state index contributed by atoms with van der Waals surface area (Å²) < 4.78 is 5.76. The van der Waals surface area contributed by atoms with E-state index < -0.39 is 0 Å². The first-order valence-corrected chi connectivity index (χ1v) is 8.41. The van der Waals surface area contributed by atoms with E-state index in [0.29, 0.717) is 24.6 Å². The van der Waals surface area contributed by atoms with Crippen LogP contribution in [0.3, 0.4) is 0 Å². The maximum Gasteiger partial charge on any atom is 0.306 e. The maximum absolute atomic E-state index is 11.4. The Labute approximate surface area is 154 Å². The van der Waals surface area contributed by atoms with Gasteiger partial charge in [0.1, 0.15) is 0 Å². The molecule has 8 heteroatoms. The molecular weight excluding hydrogens is 402 g/mol. The van der Waals surface area contributed by atoms with Gasteiger partial charge < -0.3 is 10.5 Å². The predicted octanol–water partition coefficient (Wildman–Crippen LogP) is 3.47. The van der Waals surface area contributed by atoms with Crippen LogP contribution in [0.1, 0.15) is 16.9 Å². The number of esters is 1. The molecule has 5 nitrogen and oxygen atoms in total. The minimum absolute atomic E-state index is 0. The second kappa shape index (κ2) is 9.87. The maximum atomic E-state index is 11.4. The van der Waals surface area contributed by atoms with Crippen LogP contribution in [0.15, 0.2) is 34.9 Å². The molecular formula is C15H19BrClN3O2S. The average molecular weight is 421 g/mol. The molecule has 0 fully saturated rings. The summed E-state index contributed by atoms with van der Waals surface area (Å²) in [6.07, 6.45) is 2.14. The third kappa shape index (κ3) is 6.87. The summed E-state index contributed by atoms with van der Waals surface area (Å²) in [5, 5.41) is 0.561. The zero-order valence-corrected chi connectivity index (χ0v) is 15.9. The third-order valence-electron chi connectivity index (χ3n) is 3.11. The number of hydrogen-bond donors (Lipinski definition) is 1. The Balaban J connectivity index is 0.00000264. The molecule has 23 heavy (non-hydrogen) atoms. The summed E-state index contributed by atoms with van der Waals surface area (Å²) in [7, 11) is 1.41. The zero-order valence-electron chi connectivity index (χ0n) is 12.7. The Hall–Kier alpha value is -1.15. The summed E-state index contributed by atoms with van der Waals surface area (Å²) >= 11 is 4.95. The van der Waals surface area contributed by atoms with Gasteiger partial charge in [0.2, 0.25) is 0 Å². The summed E-state index contributed by atoms with van der Waals surface area (Å²) in [6.45, 7) is 2.07. The minimum Gasteiger partial charge on any atom is -0.469 e. The second-order valence-corrected chi connectivity index (χ2v) is 6.89. The lowest BCUT2D eigenvalue weighted by Crippen LogP contribution is -2.25. The highest BCUT2D eigenvalue weighted by Crippen LogP contribution is 2.19. The molecule has 0 spiro atoms. The third-order valence-corrected chi connectivity index (χ3v) is 4.41. The number of anilines is 1. The molecule has 0 aliphatic rings. The van der Waals surface area contributed by atoms with Crippen molar-refractivity contribution in [2.24, 2.45) is 0 Å². The molecule has 0 aliphatic heterocycles. The van der Waals surface area contributed by atoms with E-state index in [-0.39, 0.29) is 18.4 Å². The van der Waals surface area contributed by atoms with E-state index in [4.69, 9.17) is 10.5 Å². The van der Waals surface area contributed by atoms with Crippen molar-refractivity contribution in [3.05, 3.63) is 45.4 Å². The highest BCUT2D eigenvalue weighted by Gasteiger charge is 2.12. The second-order valence-electron chi connectivity index (χ2n) is 4.83. The summed E-state index contributed by atoms with van der Waals surface area (Å²) in [5.41, 5.74) is 6.86. The van der Waals surface area contributed by atoms with E-state index in [9.17, 15) is 4.79 Å². The van der Waals surface area contributed by atoms with Crippen molar-refractivity contribution < 1.29 is 9.53 Å². The number of carbonyl (C=O) groups is 1. The quantitative estimate of drug-likeness (QED) is 0.695. The number of halogens is 2. The molecule has 0 unspecified atom stereocenters. The molecule has 2 N–H and O–H groups in total. The Kier molecular flexibility index (Phi) is 8.54. The number of nitrogens with two attached hydrogens (primary N) is 1. The van der Waals surface area contributed by atoms with Crippen LogP contribution in [-0.4, -0.2) is 29.5 Å². The van der Waals surface area contributed by atoms with Crippen molar-refractivity contribution in [2.45, 2.75) is 19.5 Å². The Bertz CT molecular complexity index is 639. The summed E-state index contributed by atoms with van der Waals surface area (Å²) in [5.74, 6) is -0.205. The van der Waals surface area contributed by atoms with Gasteiger partial charge in [-0.1, -0.05) is 28.1 Å². The van der Waals surface area contributed by atoms with Crippen LogP contribution in [0.5, 0.6) is 0 Å². The van der Waals surface area contributed by atoms with Crippen molar-refractivity contribution in [2.75, 3.05) is 19.4 Å². The molecule has 0 amide bonds. The fourth-order valence-electron chi connectivity index (χ4n) is 2.08. The van der Waals surface area contributed by atoms with Crippen LogP contribution >= 0.6 is 39.7 Å². The van der Waals surface area contributed by atoms with Crippen LogP contribution in [0.25, 0.3) is 0 Å². The highest BCUT2D eigenvalue weighted by atomic mass is 79.9. The summed E-state index contributed by atoms with van der Waals surface area (Å²) in [4.78, 5) is 18.7. The van der Waals surface area contributed by atoms with E-state index >= 15 is 0 Å². The number of ether oxygens (including phenoxy) is 1. The van der Waals surface area contributed by atoms with Crippen molar-refractivity contribution >= 4 is 50.8 Å². The Morgan fingerprint density at radius 1 is 1.43 bits per heavy atom. The number of aromatic nitrogens is 1. The molecule has 1 aromatic heterocycles. The number of methoxy groups -OCH3 is 1. The Morgan fingerprint density at radius 2 is 2.22 bits per heavy atom. The molecule has 0 radical (unpaired) electrons. The SMILES string of the molecule is COC(=O)CCN(Cc1cccc(Br)c1)Cc1cnc(N)s1.Cl. The Morgan fingerprint density at radius 3 is 2.83 bits per heavy atom. The number of thiazole rings is 1. The van der Waals surface area contributed by atoms with Gasteiger partial charge in [-0.2, -0.15) is 0 Å². The lowest BCUT2D eigenvalue weighted by Gasteiger charge is -2.21. The zero-order chi connectivity index (χ0) is 15.9. The largest absolute Gasteiger partial charge is 0.469 e. The molecule has 2 rings (SSSR count). The normalized spacial score (nSPS) is 10.4. The van der Waals surface area contributed by atoms with Gasteiger partial charge in [0, 0.05) is 35.2 Å². The van der Waals surface area contributed by atoms with Gasteiger partial charge in [0.25, 0.3) is 0 Å². The summed E-state index contributed by atoms with van der Waals surface area (Å²) in [6, 6.07) is 8.14. The fourth-order valence-corrected chi connectivity index (χ4v) is 3.25. The van der Waals surface area contributed by atoms with Gasteiger partial charge in [0.15, 0.2) is 5.13 Å². The van der Waals surface area contributed by atoms with Gasteiger partial charge in [-0.05, 0) is 17.7 Å². The van der Waals surface area contributed by atoms with Crippen LogP contribution in [-0.2, 0) is 22.6 Å². The minimum atomic E-state index is -0.205. The average Bonchev–Trinajstić information content (AvgIpc) is 2.89. The highest BCUT2D eigenvalue weighted by molar-refractivity contribution is 9.10. The lowest BCUT2D eigenvalue weighted by molar-refractivity contribution is -0.141. The number of carbonyl (C=O) groups excluding carboxylic acids is 1. The van der Waals surface area contributed by atoms with E-state index in [2.05, 4.69) is 37.9 Å². The first kappa shape index (κ1) is 19.9. The van der Waals surface area contributed by atoms with Crippen molar-refractivity contribution in [3.8, 4) is 0 Å². The molecule has 0 saturated carbocycles. The lowest BCUT2D eigenvalue weighted by atomic mass is 10.2. The van der Waals surface area contributed by atoms with Crippen molar-refractivity contribution in [3.63, 3.8) is 0 Å². The molecule has 0 aliphatic carbocycles. The first-order valence-electron chi connectivity index (χ1n) is 6.80. The van der Waals surface area contributed by atoms with Crippen LogP contribution in [0.2, 0.25) is 0 Å². The van der Waals surface area contributed by atoms with E-state index in [0.717, 1.165) is 15.9 Å². The van der Waals surface area contributed by atoms with Crippen LogP contribution in [0, 0.1) is 0 Å². The molecule has 126 valence electrons. The topological polar surface area (TPSA) is 68.5 Å². The number of rotatable bonds is 7. The molecule has 2 aromatic rings. The molecule has 0 atom stereocenters. The van der Waals surface area contributed by atoms with E-state index in [1.807, 2.05) is 12.1 Å². The molecule has 1 heterocycles. The molecule has 0 saturated heterocycles. The van der Waals surface area contributed by atoms with Crippen LogP contribution < -0.4 is 5.73 Å². The van der Waals surface area contributed by atoms with Crippen molar-refractivity contribution in [1.82, 2.24) is 9.88 Å². The van der Waals surface area contributed by atoms with Gasteiger partial charge in [-0.3, -0.25) is 9.69 Å². The fraction of sp³-hybridized carbons (Fsp3) is 0.333. The standard InChI is InChI=1S/C15H18BrN3O2S.ClH/c1-21-14(20)5-6-19(10-13-8-18-15(17)22-13)9-11-3-2-4-12(16)7-11;/h2-4,7-8H,5-6,9-10H2,1H3,(H2,17,18);1H. The van der Waals surface area contributed by atoms with Gasteiger partial charge in [-0.15, -0.1) is 23.7 Å². The first-order chi connectivity index (χ1) is 10.6. The number of nitrogen functional groups attached to an aromatic ring is 1. The monoisotopic (exact) mass is 419 g/mol. The predicted molar refractivity (Wildman–Crippen MR) is 98.7 cm³/mol. The number of benzene rings is 1. The number of hydrogen-bond acceptors (Lipinski definition) is 6. The molecule has 1 aromatic carbocycles. The van der Waals surface area contributed by atoms with Gasteiger partial charge in [-0.25, -0.2) is 4.98 Å². The van der Waals surface area contributed by atoms with Gasteiger partial charge >= 0.3 is 5.97 Å². The number of nitrogens with zero attached hydrogens (tertiary/aromatic N) is 2. The molecule has 0 bridgehead atoms. The van der Waals surface area contributed by atoms with Crippen molar-refractivity contribution in [1.29, 1.82) is 0 Å².